The summed E-state index contributed by atoms with van der Waals surface area (Å²) in [6, 6.07) is 13.3. The predicted molar refractivity (Wildman–Crippen MR) is 90.6 cm³/mol. The van der Waals surface area contributed by atoms with Crippen LogP contribution >= 0.6 is 0 Å². The highest BCUT2D eigenvalue weighted by molar-refractivity contribution is 5.92. The molecule has 0 saturated heterocycles. The van der Waals surface area contributed by atoms with Gasteiger partial charge < -0.3 is 9.84 Å². The van der Waals surface area contributed by atoms with Gasteiger partial charge in [0.1, 0.15) is 5.69 Å². The molecule has 0 fully saturated rings. The lowest BCUT2D eigenvalue weighted by atomic mass is 10.1. The van der Waals surface area contributed by atoms with Crippen LogP contribution in [0, 0.1) is 13.8 Å². The van der Waals surface area contributed by atoms with Crippen LogP contribution < -0.4 is 5.32 Å². The zero-order valence-electron chi connectivity index (χ0n) is 13.8. The first kappa shape index (κ1) is 16.0. The molecule has 0 radical (unpaired) electrons. The molecule has 2 aromatic heterocycles. The van der Waals surface area contributed by atoms with Gasteiger partial charge in [-0.05, 0) is 26.3 Å². The van der Waals surface area contributed by atoms with Crippen molar-refractivity contribution in [2.75, 3.05) is 6.54 Å². The fraction of sp³-hybridized carbons (Fsp3) is 0.278. The second kappa shape index (κ2) is 7.12. The minimum Gasteiger partial charge on any atom is -0.350 e. The van der Waals surface area contributed by atoms with Crippen LogP contribution in [0.2, 0.25) is 0 Å². The van der Waals surface area contributed by atoms with Crippen LogP contribution in [-0.4, -0.2) is 27.4 Å². The van der Waals surface area contributed by atoms with E-state index in [4.69, 9.17) is 4.52 Å². The molecule has 6 nitrogen and oxygen atoms in total. The third-order valence-electron chi connectivity index (χ3n) is 3.74. The Morgan fingerprint density at radius 2 is 2.00 bits per heavy atom. The number of amides is 1. The van der Waals surface area contributed by atoms with Crippen molar-refractivity contribution in [3.8, 4) is 11.3 Å². The summed E-state index contributed by atoms with van der Waals surface area (Å²) >= 11 is 0. The lowest BCUT2D eigenvalue weighted by Crippen LogP contribution is -2.25. The number of nitrogens with zero attached hydrogens (tertiary/aromatic N) is 3. The second-order valence-electron chi connectivity index (χ2n) is 5.70. The first-order valence-corrected chi connectivity index (χ1v) is 7.95. The predicted octanol–water partition coefficient (Wildman–Crippen LogP) is 2.98. The van der Waals surface area contributed by atoms with Gasteiger partial charge in [-0.25, -0.2) is 0 Å². The van der Waals surface area contributed by atoms with Gasteiger partial charge in [-0.15, -0.1) is 0 Å². The number of benzene rings is 1. The van der Waals surface area contributed by atoms with Crippen LogP contribution in [0.15, 0.2) is 47.0 Å². The van der Waals surface area contributed by atoms with Crippen LogP contribution in [0.25, 0.3) is 11.3 Å². The average Bonchev–Trinajstić information content (AvgIpc) is 3.19. The van der Waals surface area contributed by atoms with Gasteiger partial charge in [-0.3, -0.25) is 9.48 Å². The molecule has 0 aliphatic rings. The van der Waals surface area contributed by atoms with E-state index in [2.05, 4.69) is 15.6 Å². The summed E-state index contributed by atoms with van der Waals surface area (Å²) in [5, 5.41) is 11.2. The minimum atomic E-state index is -0.252. The van der Waals surface area contributed by atoms with Gasteiger partial charge >= 0.3 is 0 Å². The molecule has 1 aromatic carbocycles. The fourth-order valence-electron chi connectivity index (χ4n) is 2.55. The van der Waals surface area contributed by atoms with E-state index < -0.39 is 0 Å². The maximum atomic E-state index is 12.1. The molecule has 0 bridgehead atoms. The number of rotatable bonds is 6. The van der Waals surface area contributed by atoms with Crippen LogP contribution in [0.4, 0.5) is 0 Å². The molecule has 124 valence electrons. The van der Waals surface area contributed by atoms with Crippen molar-refractivity contribution >= 4 is 5.91 Å². The zero-order chi connectivity index (χ0) is 16.9. The SMILES string of the molecule is Cc1cc(C)n(CCCNC(=O)c2cc(-c3ccccc3)no2)n1. The Hall–Kier alpha value is -2.89. The maximum absolute atomic E-state index is 12.1. The normalized spacial score (nSPS) is 10.8. The Bertz CT molecular complexity index is 821. The molecule has 0 atom stereocenters. The van der Waals surface area contributed by atoms with Crippen LogP contribution in [0.3, 0.4) is 0 Å². The highest BCUT2D eigenvalue weighted by Gasteiger charge is 2.13. The molecule has 24 heavy (non-hydrogen) atoms. The zero-order valence-corrected chi connectivity index (χ0v) is 13.8. The molecule has 0 unspecified atom stereocenters. The van der Waals surface area contributed by atoms with Gasteiger partial charge in [0.05, 0.1) is 5.69 Å². The summed E-state index contributed by atoms with van der Waals surface area (Å²) in [4.78, 5) is 12.1. The molecule has 0 spiro atoms. The Morgan fingerprint density at radius 1 is 1.21 bits per heavy atom. The summed E-state index contributed by atoms with van der Waals surface area (Å²) in [7, 11) is 0. The average molecular weight is 324 g/mol. The van der Waals surface area contributed by atoms with Gasteiger partial charge in [0.15, 0.2) is 0 Å². The lowest BCUT2D eigenvalue weighted by Gasteiger charge is -2.05. The van der Waals surface area contributed by atoms with Crippen molar-refractivity contribution in [1.82, 2.24) is 20.3 Å². The second-order valence-corrected chi connectivity index (χ2v) is 5.70. The van der Waals surface area contributed by atoms with E-state index in [0.717, 1.165) is 29.9 Å². The van der Waals surface area contributed by atoms with Gasteiger partial charge in [-0.2, -0.15) is 5.10 Å². The first-order chi connectivity index (χ1) is 11.6. The van der Waals surface area contributed by atoms with Crippen molar-refractivity contribution in [2.24, 2.45) is 0 Å². The van der Waals surface area contributed by atoms with Gasteiger partial charge in [0.25, 0.3) is 5.91 Å². The van der Waals surface area contributed by atoms with Crippen molar-refractivity contribution in [3.05, 3.63) is 59.6 Å². The topological polar surface area (TPSA) is 73.0 Å². The molecular weight excluding hydrogens is 304 g/mol. The monoisotopic (exact) mass is 324 g/mol. The minimum absolute atomic E-state index is 0.222. The van der Waals surface area contributed by atoms with Gasteiger partial charge in [-0.1, -0.05) is 35.5 Å². The first-order valence-electron chi connectivity index (χ1n) is 7.95. The summed E-state index contributed by atoms with van der Waals surface area (Å²) in [5.41, 5.74) is 3.71. The van der Waals surface area contributed by atoms with Crippen molar-refractivity contribution < 1.29 is 9.32 Å². The van der Waals surface area contributed by atoms with E-state index in [-0.39, 0.29) is 11.7 Å². The van der Waals surface area contributed by atoms with Crippen LogP contribution in [0.1, 0.15) is 28.4 Å². The van der Waals surface area contributed by atoms with Crippen molar-refractivity contribution in [3.63, 3.8) is 0 Å². The largest absolute Gasteiger partial charge is 0.350 e. The van der Waals surface area contributed by atoms with E-state index >= 15 is 0 Å². The third-order valence-corrected chi connectivity index (χ3v) is 3.74. The van der Waals surface area contributed by atoms with Crippen molar-refractivity contribution in [1.29, 1.82) is 0 Å². The molecule has 1 amide bonds. The lowest BCUT2D eigenvalue weighted by molar-refractivity contribution is 0.0916. The Morgan fingerprint density at radius 3 is 2.71 bits per heavy atom. The highest BCUT2D eigenvalue weighted by Crippen LogP contribution is 2.18. The number of carbonyl (C=O) groups excluding carboxylic acids is 1. The molecular formula is C18H20N4O2. The van der Waals surface area contributed by atoms with E-state index in [9.17, 15) is 4.79 Å². The number of aryl methyl sites for hydroxylation is 3. The number of hydrogen-bond acceptors (Lipinski definition) is 4. The molecule has 3 aromatic rings. The number of aromatic nitrogens is 3. The molecule has 6 heteroatoms. The molecule has 0 saturated carbocycles. The standard InChI is InChI=1S/C18H20N4O2/c1-13-11-14(2)22(20-13)10-6-9-19-18(23)17-12-16(21-24-17)15-7-4-3-5-8-15/h3-5,7-8,11-12H,6,9-10H2,1-2H3,(H,19,23). The third kappa shape index (κ3) is 3.71. The number of carbonyl (C=O) groups is 1. The number of nitrogens with one attached hydrogen (secondary N) is 1. The quantitative estimate of drug-likeness (QED) is 0.708. The molecule has 0 aliphatic heterocycles. The Balaban J connectivity index is 1.51. The molecule has 3 rings (SSSR count). The molecule has 1 N–H and O–H groups in total. The van der Waals surface area contributed by atoms with E-state index in [1.807, 2.05) is 54.9 Å². The molecule has 2 heterocycles. The summed E-state index contributed by atoms with van der Waals surface area (Å²) in [6.45, 7) is 5.32. The van der Waals surface area contributed by atoms with Gasteiger partial charge in [0.2, 0.25) is 5.76 Å². The van der Waals surface area contributed by atoms with E-state index in [1.54, 1.807) is 6.07 Å². The summed E-state index contributed by atoms with van der Waals surface area (Å²) in [5.74, 6) is -0.0296. The maximum Gasteiger partial charge on any atom is 0.289 e. The Kier molecular flexibility index (Phi) is 4.74. The van der Waals surface area contributed by atoms with Crippen LogP contribution in [-0.2, 0) is 6.54 Å². The van der Waals surface area contributed by atoms with Gasteiger partial charge in [0, 0.05) is 30.4 Å². The smallest absolute Gasteiger partial charge is 0.289 e. The molecule has 0 aliphatic carbocycles. The van der Waals surface area contributed by atoms with E-state index in [0.29, 0.717) is 12.2 Å². The van der Waals surface area contributed by atoms with Crippen molar-refractivity contribution in [2.45, 2.75) is 26.8 Å². The van der Waals surface area contributed by atoms with E-state index in [1.165, 1.54) is 0 Å². The highest BCUT2D eigenvalue weighted by atomic mass is 16.5. The summed E-state index contributed by atoms with van der Waals surface area (Å²) < 4.78 is 7.09. The van der Waals surface area contributed by atoms with Crippen LogP contribution in [0.5, 0.6) is 0 Å². The number of hydrogen-bond donors (Lipinski definition) is 1. The fourth-order valence-corrected chi connectivity index (χ4v) is 2.55. The Labute approximate surface area is 140 Å². The summed E-state index contributed by atoms with van der Waals surface area (Å²) in [6.07, 6.45) is 0.799.